The lowest BCUT2D eigenvalue weighted by atomic mass is 9.81. The molecule has 7 rings (SSSR count). The van der Waals surface area contributed by atoms with Crippen molar-refractivity contribution in [1.29, 1.82) is 0 Å². The minimum absolute atomic E-state index is 0.0643. The molecule has 1 aromatic heterocycles. The summed E-state index contributed by atoms with van der Waals surface area (Å²) in [5.74, 6) is 1.20. The third kappa shape index (κ3) is 5.72. The second-order valence-corrected chi connectivity index (χ2v) is 17.1. The number of sulfonamides is 1. The van der Waals surface area contributed by atoms with E-state index in [1.807, 2.05) is 18.2 Å². The van der Waals surface area contributed by atoms with Gasteiger partial charge in [0.2, 0.25) is 15.9 Å². The Hall–Kier alpha value is -3.37. The number of hydrogen-bond acceptors (Lipinski definition) is 6. The summed E-state index contributed by atoms with van der Waals surface area (Å²) in [6.07, 6.45) is 6.54. The zero-order valence-electron chi connectivity index (χ0n) is 29.0. The van der Waals surface area contributed by atoms with Gasteiger partial charge >= 0.3 is 0 Å². The maximum atomic E-state index is 14.9. The molecule has 3 aromatic rings. The number of nitrogens with one attached hydrogen (secondary N) is 1. The van der Waals surface area contributed by atoms with Gasteiger partial charge in [-0.1, -0.05) is 39.2 Å². The minimum Gasteiger partial charge on any atom is -0.497 e. The predicted molar refractivity (Wildman–Crippen MR) is 189 cm³/mol. The van der Waals surface area contributed by atoms with Crippen molar-refractivity contribution in [3.63, 3.8) is 0 Å². The molecule has 1 N–H and O–H groups in total. The zero-order chi connectivity index (χ0) is 34.0. The smallest absolute Gasteiger partial charge is 0.264 e. The van der Waals surface area contributed by atoms with Crippen LogP contribution in [0.5, 0.6) is 5.75 Å². The Labute approximate surface area is 285 Å². The van der Waals surface area contributed by atoms with Gasteiger partial charge < -0.3 is 14.2 Å². The van der Waals surface area contributed by atoms with Gasteiger partial charge in [-0.3, -0.25) is 14.5 Å². The molecule has 2 saturated carbocycles. The Bertz CT molecular complexity index is 1860. The molecule has 48 heavy (non-hydrogen) atoms. The fourth-order valence-corrected chi connectivity index (χ4v) is 9.47. The van der Waals surface area contributed by atoms with Gasteiger partial charge in [-0.25, -0.2) is 13.1 Å². The van der Waals surface area contributed by atoms with E-state index in [9.17, 15) is 18.0 Å². The lowest BCUT2D eigenvalue weighted by molar-refractivity contribution is -0.140. The molecule has 10 heteroatoms. The molecule has 258 valence electrons. The van der Waals surface area contributed by atoms with E-state index >= 15 is 0 Å². The molecule has 9 nitrogen and oxygen atoms in total. The standard InChI is InChI=1S/C38H50N4O5S/c1-6-48(45,46)39-36(43)27-12-14-30-33(18-27)42-23-38(37(44)41-17-16-40(21-24(2)3)25(4)22-41)20-32(38)31-19-28(47-5)13-15-29(31)35(42)34(30)26-10-8-7-9-11-26/h12-15,18-19,24-26,32H,6-11,16-17,20-23H2,1-5H3,(H,39,43). The fourth-order valence-electron chi connectivity index (χ4n) is 8.93. The third-order valence-corrected chi connectivity index (χ3v) is 12.7. The normalized spacial score (nSPS) is 24.5. The minimum atomic E-state index is -3.72. The number of rotatable bonds is 8. The Morgan fingerprint density at radius 3 is 2.52 bits per heavy atom. The topological polar surface area (TPSA) is 101 Å². The Morgan fingerprint density at radius 2 is 1.83 bits per heavy atom. The first-order valence-electron chi connectivity index (χ1n) is 17.9. The number of methoxy groups -OCH3 is 1. The van der Waals surface area contributed by atoms with Crippen molar-refractivity contribution in [2.45, 2.75) is 90.6 Å². The highest BCUT2D eigenvalue weighted by atomic mass is 32.2. The molecule has 0 radical (unpaired) electrons. The molecule has 0 spiro atoms. The highest BCUT2D eigenvalue weighted by molar-refractivity contribution is 7.90. The monoisotopic (exact) mass is 674 g/mol. The van der Waals surface area contributed by atoms with Crippen LogP contribution in [0.15, 0.2) is 36.4 Å². The lowest BCUT2D eigenvalue weighted by Crippen LogP contribution is -2.56. The first-order chi connectivity index (χ1) is 23.0. The molecular formula is C38H50N4O5S. The van der Waals surface area contributed by atoms with Gasteiger partial charge in [0.1, 0.15) is 5.75 Å². The largest absolute Gasteiger partial charge is 0.497 e. The number of benzene rings is 2. The van der Waals surface area contributed by atoms with Gasteiger partial charge in [-0.15, -0.1) is 0 Å². The van der Waals surface area contributed by atoms with Crippen LogP contribution in [0.4, 0.5) is 0 Å². The van der Waals surface area contributed by atoms with Gasteiger partial charge in [0, 0.05) is 66.7 Å². The Balaban J connectivity index is 1.38. The highest BCUT2D eigenvalue weighted by Crippen LogP contribution is 2.66. The summed E-state index contributed by atoms with van der Waals surface area (Å²) < 4.78 is 35.0. The highest BCUT2D eigenvalue weighted by Gasteiger charge is 2.64. The van der Waals surface area contributed by atoms with Crippen LogP contribution in [-0.2, 0) is 21.4 Å². The summed E-state index contributed by atoms with van der Waals surface area (Å²) in [4.78, 5) is 32.7. The van der Waals surface area contributed by atoms with Crippen molar-refractivity contribution < 1.29 is 22.7 Å². The van der Waals surface area contributed by atoms with Gasteiger partial charge in [0.15, 0.2) is 0 Å². The molecule has 3 atom stereocenters. The number of fused-ring (bicyclic) bond motifs is 7. The first-order valence-corrected chi connectivity index (χ1v) is 19.5. The number of hydrogen-bond donors (Lipinski definition) is 1. The van der Waals surface area contributed by atoms with E-state index in [-0.39, 0.29) is 17.6 Å². The predicted octanol–water partition coefficient (Wildman–Crippen LogP) is 6.12. The molecule has 2 aliphatic carbocycles. The van der Waals surface area contributed by atoms with Crippen molar-refractivity contribution in [1.82, 2.24) is 19.1 Å². The van der Waals surface area contributed by atoms with Crippen LogP contribution in [-0.4, -0.2) is 79.7 Å². The summed E-state index contributed by atoms with van der Waals surface area (Å²) >= 11 is 0. The number of aromatic nitrogens is 1. The van der Waals surface area contributed by atoms with E-state index < -0.39 is 21.3 Å². The third-order valence-electron chi connectivity index (χ3n) is 11.5. The van der Waals surface area contributed by atoms with Gasteiger partial charge in [0.25, 0.3) is 5.91 Å². The number of carbonyl (C=O) groups is 2. The second-order valence-electron chi connectivity index (χ2n) is 15.1. The molecule has 3 fully saturated rings. The average molecular weight is 675 g/mol. The number of piperazine rings is 1. The van der Waals surface area contributed by atoms with Crippen LogP contribution >= 0.6 is 0 Å². The van der Waals surface area contributed by atoms with Crippen molar-refractivity contribution in [3.05, 3.63) is 53.1 Å². The lowest BCUT2D eigenvalue weighted by Gasteiger charge is -2.42. The van der Waals surface area contributed by atoms with Crippen LogP contribution in [0.2, 0.25) is 0 Å². The first kappa shape index (κ1) is 33.1. The molecule has 1 saturated heterocycles. The second kappa shape index (κ2) is 12.5. The van der Waals surface area contributed by atoms with E-state index in [0.717, 1.165) is 66.8 Å². The van der Waals surface area contributed by atoms with Gasteiger partial charge in [0.05, 0.1) is 24.0 Å². The van der Waals surface area contributed by atoms with Crippen LogP contribution in [0.25, 0.3) is 22.2 Å². The number of nitrogens with zero attached hydrogens (tertiary/aromatic N) is 3. The van der Waals surface area contributed by atoms with Crippen LogP contribution in [0, 0.1) is 11.3 Å². The van der Waals surface area contributed by atoms with Crippen molar-refractivity contribution in [2.24, 2.45) is 11.3 Å². The summed E-state index contributed by atoms with van der Waals surface area (Å²) in [6.45, 7) is 12.1. The molecule has 3 heterocycles. The summed E-state index contributed by atoms with van der Waals surface area (Å²) in [5.41, 5.74) is 5.33. The van der Waals surface area contributed by atoms with E-state index in [4.69, 9.17) is 4.74 Å². The van der Waals surface area contributed by atoms with E-state index in [1.165, 1.54) is 37.3 Å². The molecule has 3 unspecified atom stereocenters. The molecular weight excluding hydrogens is 625 g/mol. The number of carbonyl (C=O) groups excluding carboxylic acids is 2. The molecule has 2 amide bonds. The molecule has 2 aromatic carbocycles. The quantitative estimate of drug-likeness (QED) is 0.309. The van der Waals surface area contributed by atoms with E-state index in [0.29, 0.717) is 36.5 Å². The summed E-state index contributed by atoms with van der Waals surface area (Å²) in [5, 5.41) is 1.09. The van der Waals surface area contributed by atoms with E-state index in [1.54, 1.807) is 13.2 Å². The Kier molecular flexibility index (Phi) is 8.63. The summed E-state index contributed by atoms with van der Waals surface area (Å²) in [7, 11) is -2.03. The van der Waals surface area contributed by atoms with Crippen LogP contribution in [0.1, 0.15) is 99.5 Å². The number of amides is 2. The van der Waals surface area contributed by atoms with Crippen LogP contribution < -0.4 is 9.46 Å². The molecule has 2 aliphatic heterocycles. The molecule has 4 aliphatic rings. The van der Waals surface area contributed by atoms with Gasteiger partial charge in [-0.2, -0.15) is 0 Å². The van der Waals surface area contributed by atoms with Crippen LogP contribution in [0.3, 0.4) is 0 Å². The molecule has 0 bridgehead atoms. The maximum absolute atomic E-state index is 14.9. The SMILES string of the molecule is CCS(=O)(=O)NC(=O)c1ccc2c(C3CCCCC3)c3n(c2c1)CC1(C(=O)N2CCN(CC(C)C)C(C)C2)CC1c1cc(OC)ccc1-3. The van der Waals surface area contributed by atoms with Gasteiger partial charge in [-0.05, 0) is 86.4 Å². The number of ether oxygens (including phenoxy) is 1. The maximum Gasteiger partial charge on any atom is 0.264 e. The van der Waals surface area contributed by atoms with Crippen molar-refractivity contribution >= 4 is 32.7 Å². The fraction of sp³-hybridized carbons (Fsp3) is 0.579. The van der Waals surface area contributed by atoms with E-state index in [2.05, 4.69) is 52.0 Å². The summed E-state index contributed by atoms with van der Waals surface area (Å²) in [6, 6.07) is 12.2. The average Bonchev–Trinajstić information content (AvgIpc) is 3.74. The Morgan fingerprint density at radius 1 is 1.06 bits per heavy atom. The van der Waals surface area contributed by atoms with Crippen molar-refractivity contribution in [2.75, 3.05) is 39.0 Å². The zero-order valence-corrected chi connectivity index (χ0v) is 29.9. The van der Waals surface area contributed by atoms with Crippen molar-refractivity contribution in [3.8, 4) is 17.0 Å².